The van der Waals surface area contributed by atoms with Gasteiger partial charge in [0.2, 0.25) is 0 Å². The summed E-state index contributed by atoms with van der Waals surface area (Å²) in [5.74, 6) is 0.891. The molecule has 1 unspecified atom stereocenters. The minimum atomic E-state index is 0.188. The number of nitrogens with one attached hydrogen (secondary N) is 1. The van der Waals surface area contributed by atoms with Crippen LogP contribution in [-0.2, 0) is 6.42 Å². The van der Waals surface area contributed by atoms with Gasteiger partial charge in [-0.25, -0.2) is 0 Å². The smallest absolute Gasteiger partial charge is 0.124 e. The van der Waals surface area contributed by atoms with E-state index < -0.39 is 0 Å². The maximum Gasteiger partial charge on any atom is 0.124 e. The number of methoxy groups -OCH3 is 1. The largest absolute Gasteiger partial charge is 0.496 e. The molecule has 4 heteroatoms. The summed E-state index contributed by atoms with van der Waals surface area (Å²) in [6, 6.07) is 10.5. The number of aryl methyl sites for hydroxylation is 1. The highest BCUT2D eigenvalue weighted by Gasteiger charge is 2.16. The lowest BCUT2D eigenvalue weighted by Gasteiger charge is -2.21. The lowest BCUT2D eigenvalue weighted by Crippen LogP contribution is -2.23. The van der Waals surface area contributed by atoms with E-state index in [2.05, 4.69) is 58.3 Å². The number of aromatic nitrogens is 1. The zero-order chi connectivity index (χ0) is 15.2. The second-order valence-electron chi connectivity index (χ2n) is 5.03. The summed E-state index contributed by atoms with van der Waals surface area (Å²) in [5, 5.41) is 3.52. The van der Waals surface area contributed by atoms with Gasteiger partial charge in [0.1, 0.15) is 5.75 Å². The summed E-state index contributed by atoms with van der Waals surface area (Å²) in [6.07, 6.45) is 2.75. The van der Waals surface area contributed by atoms with Crippen molar-refractivity contribution < 1.29 is 4.74 Å². The maximum absolute atomic E-state index is 5.52. The molecule has 0 fully saturated rings. The van der Waals surface area contributed by atoms with Crippen molar-refractivity contribution in [2.75, 3.05) is 13.7 Å². The number of nitrogens with zero attached hydrogens (tertiary/aromatic N) is 1. The molecule has 2 rings (SSSR count). The van der Waals surface area contributed by atoms with Crippen molar-refractivity contribution >= 4 is 15.9 Å². The van der Waals surface area contributed by atoms with Gasteiger partial charge in [0, 0.05) is 34.4 Å². The van der Waals surface area contributed by atoms with Crippen molar-refractivity contribution in [3.63, 3.8) is 0 Å². The number of halogens is 1. The van der Waals surface area contributed by atoms with Crippen molar-refractivity contribution in [1.82, 2.24) is 10.3 Å². The predicted molar refractivity (Wildman–Crippen MR) is 89.8 cm³/mol. The van der Waals surface area contributed by atoms with Gasteiger partial charge in [-0.1, -0.05) is 35.0 Å². The van der Waals surface area contributed by atoms with Crippen LogP contribution >= 0.6 is 15.9 Å². The lowest BCUT2D eigenvalue weighted by atomic mass is 10.00. The molecule has 0 saturated heterocycles. The van der Waals surface area contributed by atoms with Crippen LogP contribution in [0.25, 0.3) is 0 Å². The first-order chi connectivity index (χ1) is 10.1. The topological polar surface area (TPSA) is 34.2 Å². The molecule has 0 spiro atoms. The molecule has 0 aliphatic carbocycles. The molecule has 0 saturated carbocycles. The summed E-state index contributed by atoms with van der Waals surface area (Å²) in [6.45, 7) is 5.06. The van der Waals surface area contributed by atoms with Crippen molar-refractivity contribution in [1.29, 1.82) is 0 Å². The number of hydrogen-bond acceptors (Lipinski definition) is 3. The molecule has 0 aliphatic rings. The zero-order valence-corrected chi connectivity index (χ0v) is 14.3. The van der Waals surface area contributed by atoms with Gasteiger partial charge in [-0.15, -0.1) is 0 Å². The number of ether oxygens (including phenoxy) is 1. The number of likely N-dealkylation sites (N-methyl/N-ethyl adjacent to an activating group) is 1. The SMILES string of the molecule is CCNC(Cc1ccc(C)cn1)c1ccc(Br)cc1OC. The van der Waals surface area contributed by atoms with Crippen LogP contribution < -0.4 is 10.1 Å². The minimum Gasteiger partial charge on any atom is -0.496 e. The van der Waals surface area contributed by atoms with E-state index in [-0.39, 0.29) is 6.04 Å². The molecule has 0 amide bonds. The van der Waals surface area contributed by atoms with Gasteiger partial charge in [-0.3, -0.25) is 4.98 Å². The van der Waals surface area contributed by atoms with Gasteiger partial charge in [0.15, 0.2) is 0 Å². The zero-order valence-electron chi connectivity index (χ0n) is 12.7. The van der Waals surface area contributed by atoms with Gasteiger partial charge in [0.05, 0.1) is 7.11 Å². The van der Waals surface area contributed by atoms with Crippen molar-refractivity contribution in [2.24, 2.45) is 0 Å². The molecule has 112 valence electrons. The fraction of sp³-hybridized carbons (Fsp3) is 0.353. The molecule has 1 aromatic carbocycles. The second-order valence-corrected chi connectivity index (χ2v) is 5.94. The second kappa shape index (κ2) is 7.57. The van der Waals surface area contributed by atoms with Gasteiger partial charge >= 0.3 is 0 Å². The van der Waals surface area contributed by atoms with Crippen LogP contribution in [0.1, 0.15) is 29.8 Å². The molecule has 21 heavy (non-hydrogen) atoms. The average Bonchev–Trinajstić information content (AvgIpc) is 2.49. The van der Waals surface area contributed by atoms with Gasteiger partial charge in [-0.2, -0.15) is 0 Å². The Kier molecular flexibility index (Phi) is 5.76. The standard InChI is InChI=1S/C17H21BrN2O/c1-4-19-16(10-14-7-5-12(2)11-20-14)15-8-6-13(18)9-17(15)21-3/h5-9,11,16,19H,4,10H2,1-3H3. The van der Waals surface area contributed by atoms with Crippen LogP contribution in [0.4, 0.5) is 0 Å². The Labute approximate surface area is 134 Å². The van der Waals surface area contributed by atoms with Crippen LogP contribution in [0, 0.1) is 6.92 Å². The Hall–Kier alpha value is -1.39. The van der Waals surface area contributed by atoms with Crippen molar-refractivity contribution in [2.45, 2.75) is 26.3 Å². The molecule has 0 radical (unpaired) electrons. The first-order valence-corrected chi connectivity index (χ1v) is 7.91. The van der Waals surface area contributed by atoms with Crippen LogP contribution in [0.3, 0.4) is 0 Å². The summed E-state index contributed by atoms with van der Waals surface area (Å²) >= 11 is 3.49. The third-order valence-corrected chi connectivity index (χ3v) is 3.90. The number of hydrogen-bond donors (Lipinski definition) is 1. The van der Waals surface area contributed by atoms with E-state index in [1.54, 1.807) is 7.11 Å². The van der Waals surface area contributed by atoms with Crippen molar-refractivity contribution in [3.05, 3.63) is 57.8 Å². The van der Waals surface area contributed by atoms with E-state index in [0.717, 1.165) is 34.4 Å². The summed E-state index contributed by atoms with van der Waals surface area (Å²) in [7, 11) is 1.71. The lowest BCUT2D eigenvalue weighted by molar-refractivity contribution is 0.398. The van der Waals surface area contributed by atoms with Gasteiger partial charge in [0.25, 0.3) is 0 Å². The molecule has 0 aliphatic heterocycles. The Morgan fingerprint density at radius 3 is 2.71 bits per heavy atom. The Balaban J connectivity index is 2.28. The predicted octanol–water partition coefficient (Wildman–Crippen LogP) is 4.05. The summed E-state index contributed by atoms with van der Waals surface area (Å²) < 4.78 is 6.54. The Morgan fingerprint density at radius 2 is 2.10 bits per heavy atom. The number of pyridine rings is 1. The average molecular weight is 349 g/mol. The van der Waals surface area contributed by atoms with E-state index in [1.165, 1.54) is 5.56 Å². The summed E-state index contributed by atoms with van der Waals surface area (Å²) in [5.41, 5.74) is 3.42. The monoisotopic (exact) mass is 348 g/mol. The van der Waals surface area contributed by atoms with E-state index in [9.17, 15) is 0 Å². The fourth-order valence-electron chi connectivity index (χ4n) is 2.34. The fourth-order valence-corrected chi connectivity index (χ4v) is 2.68. The Bertz CT molecular complexity index is 584. The molecule has 2 aromatic rings. The first-order valence-electron chi connectivity index (χ1n) is 7.12. The Morgan fingerprint density at radius 1 is 1.29 bits per heavy atom. The molecule has 1 atom stereocenters. The van der Waals surface area contributed by atoms with Crippen LogP contribution in [0.5, 0.6) is 5.75 Å². The van der Waals surface area contributed by atoms with E-state index in [0.29, 0.717) is 0 Å². The molecular weight excluding hydrogens is 328 g/mol. The first kappa shape index (κ1) is 16.0. The van der Waals surface area contributed by atoms with E-state index in [4.69, 9.17) is 4.74 Å². The van der Waals surface area contributed by atoms with Crippen LogP contribution in [0.15, 0.2) is 41.0 Å². The highest BCUT2D eigenvalue weighted by Crippen LogP contribution is 2.30. The highest BCUT2D eigenvalue weighted by atomic mass is 79.9. The normalized spacial score (nSPS) is 12.2. The number of rotatable bonds is 6. The van der Waals surface area contributed by atoms with Crippen LogP contribution in [-0.4, -0.2) is 18.6 Å². The molecule has 1 aromatic heterocycles. The third-order valence-electron chi connectivity index (χ3n) is 3.41. The molecule has 0 bridgehead atoms. The van der Waals surface area contributed by atoms with Crippen molar-refractivity contribution in [3.8, 4) is 5.75 Å². The molecule has 3 nitrogen and oxygen atoms in total. The van der Waals surface area contributed by atoms with E-state index >= 15 is 0 Å². The molecule has 1 N–H and O–H groups in total. The third kappa shape index (κ3) is 4.29. The molecular formula is C17H21BrN2O. The quantitative estimate of drug-likeness (QED) is 0.854. The number of benzene rings is 1. The van der Waals surface area contributed by atoms with Crippen LogP contribution in [0.2, 0.25) is 0 Å². The minimum absolute atomic E-state index is 0.188. The maximum atomic E-state index is 5.52. The molecule has 1 heterocycles. The van der Waals surface area contributed by atoms with Gasteiger partial charge < -0.3 is 10.1 Å². The van der Waals surface area contributed by atoms with E-state index in [1.807, 2.05) is 18.3 Å². The van der Waals surface area contributed by atoms with Gasteiger partial charge in [-0.05, 0) is 37.2 Å². The highest BCUT2D eigenvalue weighted by molar-refractivity contribution is 9.10. The summed E-state index contributed by atoms with van der Waals surface area (Å²) in [4.78, 5) is 4.51.